The highest BCUT2D eigenvalue weighted by atomic mass is 16.1. The molecule has 1 saturated heterocycles. The SMILES string of the molecule is CCN(CC)CCn1cc(NC(=O)CC2CNC2)cn1. The number of anilines is 1. The van der Waals surface area contributed by atoms with Gasteiger partial charge in [0.15, 0.2) is 0 Å². The van der Waals surface area contributed by atoms with E-state index in [0.717, 1.165) is 45.0 Å². The van der Waals surface area contributed by atoms with Gasteiger partial charge in [-0.25, -0.2) is 0 Å². The average Bonchev–Trinajstić information content (AvgIpc) is 2.83. The van der Waals surface area contributed by atoms with Gasteiger partial charge in [0.2, 0.25) is 5.91 Å². The molecule has 2 N–H and O–H groups in total. The van der Waals surface area contributed by atoms with Crippen LogP contribution in [0.2, 0.25) is 0 Å². The van der Waals surface area contributed by atoms with E-state index < -0.39 is 0 Å². The van der Waals surface area contributed by atoms with Gasteiger partial charge in [-0.05, 0) is 32.1 Å². The minimum absolute atomic E-state index is 0.0831. The Morgan fingerprint density at radius 1 is 1.50 bits per heavy atom. The Labute approximate surface area is 120 Å². The Morgan fingerprint density at radius 2 is 2.25 bits per heavy atom. The summed E-state index contributed by atoms with van der Waals surface area (Å²) in [6.07, 6.45) is 4.22. The smallest absolute Gasteiger partial charge is 0.224 e. The molecule has 112 valence electrons. The van der Waals surface area contributed by atoms with Crippen molar-refractivity contribution in [3.63, 3.8) is 0 Å². The Balaban J connectivity index is 1.74. The molecule has 0 unspecified atom stereocenters. The number of rotatable bonds is 8. The van der Waals surface area contributed by atoms with E-state index in [1.165, 1.54) is 0 Å². The first-order chi connectivity index (χ1) is 9.71. The summed E-state index contributed by atoms with van der Waals surface area (Å²) in [7, 11) is 0. The number of likely N-dealkylation sites (N-methyl/N-ethyl adjacent to an activating group) is 1. The molecular formula is C14H25N5O. The van der Waals surface area contributed by atoms with Crippen LogP contribution in [0.1, 0.15) is 20.3 Å². The van der Waals surface area contributed by atoms with Crippen LogP contribution in [0.5, 0.6) is 0 Å². The van der Waals surface area contributed by atoms with Crippen molar-refractivity contribution in [3.8, 4) is 0 Å². The molecule has 1 aromatic heterocycles. The lowest BCUT2D eigenvalue weighted by Gasteiger charge is -2.26. The molecule has 2 rings (SSSR count). The van der Waals surface area contributed by atoms with Gasteiger partial charge in [0.25, 0.3) is 0 Å². The van der Waals surface area contributed by atoms with E-state index in [2.05, 4.69) is 34.5 Å². The Morgan fingerprint density at radius 3 is 2.85 bits per heavy atom. The molecule has 0 bridgehead atoms. The lowest BCUT2D eigenvalue weighted by Crippen LogP contribution is -2.43. The molecule has 1 aliphatic heterocycles. The van der Waals surface area contributed by atoms with Crippen molar-refractivity contribution in [2.24, 2.45) is 5.92 Å². The highest BCUT2D eigenvalue weighted by Crippen LogP contribution is 2.11. The van der Waals surface area contributed by atoms with Crippen molar-refractivity contribution in [2.75, 3.05) is 38.0 Å². The second-order valence-electron chi connectivity index (χ2n) is 5.30. The number of nitrogens with one attached hydrogen (secondary N) is 2. The number of carbonyl (C=O) groups is 1. The first-order valence-electron chi connectivity index (χ1n) is 7.46. The third kappa shape index (κ3) is 4.31. The molecule has 1 aliphatic rings. The van der Waals surface area contributed by atoms with E-state index in [0.29, 0.717) is 12.3 Å². The van der Waals surface area contributed by atoms with Gasteiger partial charge < -0.3 is 15.5 Å². The van der Waals surface area contributed by atoms with Crippen LogP contribution in [0, 0.1) is 5.92 Å². The first kappa shape index (κ1) is 15.0. The molecule has 0 radical (unpaired) electrons. The number of aromatic nitrogens is 2. The first-order valence-corrected chi connectivity index (χ1v) is 7.46. The van der Waals surface area contributed by atoms with Crippen molar-refractivity contribution in [1.29, 1.82) is 0 Å². The van der Waals surface area contributed by atoms with Crippen molar-refractivity contribution >= 4 is 11.6 Å². The summed E-state index contributed by atoms with van der Waals surface area (Å²) in [6.45, 7) is 10.2. The second-order valence-corrected chi connectivity index (χ2v) is 5.30. The van der Waals surface area contributed by atoms with Gasteiger partial charge >= 0.3 is 0 Å². The highest BCUT2D eigenvalue weighted by Gasteiger charge is 2.20. The number of hydrogen-bond donors (Lipinski definition) is 2. The van der Waals surface area contributed by atoms with Crippen LogP contribution in [-0.2, 0) is 11.3 Å². The van der Waals surface area contributed by atoms with E-state index in [-0.39, 0.29) is 5.91 Å². The zero-order valence-corrected chi connectivity index (χ0v) is 12.4. The molecule has 1 amide bonds. The largest absolute Gasteiger partial charge is 0.323 e. The Kier molecular flexibility index (Phi) is 5.55. The second kappa shape index (κ2) is 7.40. The highest BCUT2D eigenvalue weighted by molar-refractivity contribution is 5.90. The van der Waals surface area contributed by atoms with Gasteiger partial charge in [-0.1, -0.05) is 13.8 Å². The number of hydrogen-bond acceptors (Lipinski definition) is 4. The molecule has 1 aromatic rings. The number of carbonyl (C=O) groups excluding carboxylic acids is 1. The Hall–Kier alpha value is -1.40. The lowest BCUT2D eigenvalue weighted by molar-refractivity contribution is -0.117. The molecule has 20 heavy (non-hydrogen) atoms. The molecule has 6 heteroatoms. The maximum Gasteiger partial charge on any atom is 0.224 e. The van der Waals surface area contributed by atoms with Gasteiger partial charge in [0.05, 0.1) is 18.4 Å². The molecule has 6 nitrogen and oxygen atoms in total. The van der Waals surface area contributed by atoms with E-state index in [1.807, 2.05) is 10.9 Å². The van der Waals surface area contributed by atoms with Crippen LogP contribution in [-0.4, -0.2) is 53.3 Å². The predicted molar refractivity (Wildman–Crippen MR) is 79.6 cm³/mol. The lowest BCUT2D eigenvalue weighted by atomic mass is 9.99. The van der Waals surface area contributed by atoms with E-state index in [9.17, 15) is 4.79 Å². The van der Waals surface area contributed by atoms with Gasteiger partial charge in [-0.3, -0.25) is 9.48 Å². The average molecular weight is 279 g/mol. The van der Waals surface area contributed by atoms with Gasteiger partial charge in [-0.15, -0.1) is 0 Å². The zero-order chi connectivity index (χ0) is 14.4. The van der Waals surface area contributed by atoms with Crippen LogP contribution in [0.4, 0.5) is 5.69 Å². The molecule has 2 heterocycles. The van der Waals surface area contributed by atoms with Crippen LogP contribution in [0.25, 0.3) is 0 Å². The van der Waals surface area contributed by atoms with Gasteiger partial charge in [0, 0.05) is 19.2 Å². The topological polar surface area (TPSA) is 62.2 Å². The number of amides is 1. The standard InChI is InChI=1S/C14H25N5O/c1-3-18(4-2)5-6-19-11-13(10-16-19)17-14(20)7-12-8-15-9-12/h10-12,15H,3-9H2,1-2H3,(H,17,20). The summed E-state index contributed by atoms with van der Waals surface area (Å²) in [4.78, 5) is 14.2. The fraction of sp³-hybridized carbons (Fsp3) is 0.714. The summed E-state index contributed by atoms with van der Waals surface area (Å²) >= 11 is 0. The summed E-state index contributed by atoms with van der Waals surface area (Å²) < 4.78 is 1.89. The van der Waals surface area contributed by atoms with Crippen molar-refractivity contribution in [3.05, 3.63) is 12.4 Å². The van der Waals surface area contributed by atoms with Crippen molar-refractivity contribution in [1.82, 2.24) is 20.0 Å². The molecule has 0 saturated carbocycles. The van der Waals surface area contributed by atoms with Crippen molar-refractivity contribution in [2.45, 2.75) is 26.8 Å². The summed E-state index contributed by atoms with van der Waals surface area (Å²) in [5.41, 5.74) is 0.793. The maximum atomic E-state index is 11.8. The molecule has 0 aromatic carbocycles. The quantitative estimate of drug-likeness (QED) is 0.738. The third-order valence-electron chi connectivity index (χ3n) is 3.80. The zero-order valence-electron chi connectivity index (χ0n) is 12.4. The fourth-order valence-corrected chi connectivity index (χ4v) is 2.30. The van der Waals surface area contributed by atoms with Crippen LogP contribution < -0.4 is 10.6 Å². The van der Waals surface area contributed by atoms with Crippen molar-refractivity contribution < 1.29 is 4.79 Å². The molecule has 0 atom stereocenters. The normalized spacial score (nSPS) is 15.3. The third-order valence-corrected chi connectivity index (χ3v) is 3.80. The maximum absolute atomic E-state index is 11.8. The van der Waals surface area contributed by atoms with E-state index >= 15 is 0 Å². The molecule has 0 aliphatic carbocycles. The Bertz CT molecular complexity index is 423. The predicted octanol–water partition coefficient (Wildman–Crippen LogP) is 0.773. The minimum Gasteiger partial charge on any atom is -0.323 e. The van der Waals surface area contributed by atoms with Crippen LogP contribution in [0.3, 0.4) is 0 Å². The molecule has 0 spiro atoms. The fourth-order valence-electron chi connectivity index (χ4n) is 2.30. The van der Waals surface area contributed by atoms with Crippen LogP contribution in [0.15, 0.2) is 12.4 Å². The van der Waals surface area contributed by atoms with Crippen LogP contribution >= 0.6 is 0 Å². The number of nitrogens with zero attached hydrogens (tertiary/aromatic N) is 3. The van der Waals surface area contributed by atoms with Gasteiger partial charge in [0.1, 0.15) is 0 Å². The molecular weight excluding hydrogens is 254 g/mol. The monoisotopic (exact) mass is 279 g/mol. The summed E-state index contributed by atoms with van der Waals surface area (Å²) in [6, 6.07) is 0. The minimum atomic E-state index is 0.0831. The van der Waals surface area contributed by atoms with E-state index in [1.54, 1.807) is 6.20 Å². The van der Waals surface area contributed by atoms with Gasteiger partial charge in [-0.2, -0.15) is 5.10 Å². The molecule has 1 fully saturated rings. The van der Waals surface area contributed by atoms with E-state index in [4.69, 9.17) is 0 Å². The summed E-state index contributed by atoms with van der Waals surface area (Å²) in [5, 5.41) is 10.4. The summed E-state index contributed by atoms with van der Waals surface area (Å²) in [5.74, 6) is 0.576.